The Bertz CT molecular complexity index is 996. The van der Waals surface area contributed by atoms with Crippen molar-refractivity contribution in [2.45, 2.75) is 6.04 Å². The first-order chi connectivity index (χ1) is 14.0. The first-order valence-corrected chi connectivity index (χ1v) is 8.42. The average Bonchev–Trinajstić information content (AvgIpc) is 2.77. The molecule has 2 rings (SSSR count). The maximum absolute atomic E-state index is 12.6. The highest BCUT2D eigenvalue weighted by Crippen LogP contribution is 2.09. The summed E-state index contributed by atoms with van der Waals surface area (Å²) in [6.45, 7) is 0. The van der Waals surface area contributed by atoms with Crippen LogP contribution in [0.5, 0.6) is 0 Å². The summed E-state index contributed by atoms with van der Waals surface area (Å²) in [6.07, 6.45) is 3.28. The van der Waals surface area contributed by atoms with E-state index < -0.39 is 23.8 Å². The zero-order valence-corrected chi connectivity index (χ0v) is 15.8. The van der Waals surface area contributed by atoms with Crippen molar-refractivity contribution >= 4 is 17.7 Å². The zero-order chi connectivity index (χ0) is 21.2. The molecule has 0 fully saturated rings. The van der Waals surface area contributed by atoms with Crippen LogP contribution in [0.15, 0.2) is 48.8 Å². The maximum atomic E-state index is 12.6. The van der Waals surface area contributed by atoms with E-state index in [9.17, 15) is 14.4 Å². The molecule has 8 heteroatoms. The van der Waals surface area contributed by atoms with E-state index in [1.54, 1.807) is 36.7 Å². The second kappa shape index (κ2) is 10.3. The van der Waals surface area contributed by atoms with Gasteiger partial charge in [-0.05, 0) is 48.2 Å². The normalized spacial score (nSPS) is 10.3. The van der Waals surface area contributed by atoms with Crippen LogP contribution in [0.1, 0.15) is 21.5 Å². The summed E-state index contributed by atoms with van der Waals surface area (Å²) < 4.78 is 0. The molecule has 8 nitrogen and oxygen atoms in total. The van der Waals surface area contributed by atoms with Gasteiger partial charge in [0.15, 0.2) is 6.04 Å². The highest BCUT2D eigenvalue weighted by atomic mass is 16.5. The fourth-order valence-corrected chi connectivity index (χ4v) is 2.33. The fraction of sp³-hybridized carbons (Fsp3) is 0.143. The number of hydroxylamine groups is 1. The van der Waals surface area contributed by atoms with Gasteiger partial charge in [0.2, 0.25) is 0 Å². The van der Waals surface area contributed by atoms with Gasteiger partial charge in [-0.2, -0.15) is 0 Å². The third-order valence-corrected chi connectivity index (χ3v) is 3.85. The first kappa shape index (κ1) is 21.2. The summed E-state index contributed by atoms with van der Waals surface area (Å²) in [7, 11) is 2.61. The van der Waals surface area contributed by atoms with Crippen molar-refractivity contribution in [3.8, 4) is 23.7 Å². The number of carbonyl (C=O) groups is 3. The number of pyridine rings is 1. The number of nitrogens with zero attached hydrogens (tertiary/aromatic N) is 2. The summed E-state index contributed by atoms with van der Waals surface area (Å²) in [5.74, 6) is 8.88. The van der Waals surface area contributed by atoms with E-state index in [0.29, 0.717) is 5.56 Å². The molecule has 0 saturated heterocycles. The molecule has 0 bridgehead atoms. The smallest absolute Gasteiger partial charge is 0.275 e. The molecule has 146 valence electrons. The van der Waals surface area contributed by atoms with Gasteiger partial charge < -0.3 is 10.2 Å². The minimum atomic E-state index is -1.51. The van der Waals surface area contributed by atoms with Crippen LogP contribution in [0.2, 0.25) is 0 Å². The van der Waals surface area contributed by atoms with Gasteiger partial charge >= 0.3 is 0 Å². The van der Waals surface area contributed by atoms with E-state index in [2.05, 4.69) is 34.0 Å². The van der Waals surface area contributed by atoms with Crippen molar-refractivity contribution in [2.24, 2.45) is 0 Å². The Morgan fingerprint density at radius 2 is 1.52 bits per heavy atom. The van der Waals surface area contributed by atoms with E-state index in [1.165, 1.54) is 31.7 Å². The summed E-state index contributed by atoms with van der Waals surface area (Å²) >= 11 is 0. The number of nitrogens with one attached hydrogen (secondary N) is 2. The molecule has 0 saturated carbocycles. The summed E-state index contributed by atoms with van der Waals surface area (Å²) in [6, 6.07) is 8.34. The standard InChI is InChI=1S/C21H18N4O4/c1-22-19(26)18(20(27)24-29)25(2)21(28)17-9-7-15(8-10-17)5-3-4-6-16-11-13-23-14-12-16/h7-14,18,29H,1-2H3,(H,22,26)(H,24,27). The molecule has 1 aromatic carbocycles. The molecule has 3 N–H and O–H groups in total. The van der Waals surface area contributed by atoms with Crippen molar-refractivity contribution in [1.82, 2.24) is 20.7 Å². The Hall–Kier alpha value is -4.14. The van der Waals surface area contributed by atoms with Crippen molar-refractivity contribution < 1.29 is 19.6 Å². The summed E-state index contributed by atoms with van der Waals surface area (Å²) in [4.78, 5) is 41.0. The summed E-state index contributed by atoms with van der Waals surface area (Å²) in [5.41, 5.74) is 3.08. The molecule has 1 unspecified atom stereocenters. The number of benzene rings is 1. The molecule has 1 aromatic heterocycles. The Kier molecular flexibility index (Phi) is 7.49. The molecule has 3 amide bonds. The predicted octanol–water partition coefficient (Wildman–Crippen LogP) is 0.177. The summed E-state index contributed by atoms with van der Waals surface area (Å²) in [5, 5.41) is 11.1. The minimum absolute atomic E-state index is 0.251. The van der Waals surface area contributed by atoms with E-state index in [0.717, 1.165) is 10.5 Å². The quantitative estimate of drug-likeness (QED) is 0.298. The van der Waals surface area contributed by atoms with E-state index in [4.69, 9.17) is 5.21 Å². The molecular formula is C21H18N4O4. The number of likely N-dealkylation sites (N-methyl/N-ethyl adjacent to an activating group) is 2. The third-order valence-electron chi connectivity index (χ3n) is 3.85. The lowest BCUT2D eigenvalue weighted by Crippen LogP contribution is -2.54. The molecular weight excluding hydrogens is 372 g/mol. The molecule has 1 atom stereocenters. The van der Waals surface area contributed by atoms with E-state index in [1.807, 2.05) is 0 Å². The fourth-order valence-electron chi connectivity index (χ4n) is 2.33. The number of rotatable bonds is 4. The number of amides is 3. The van der Waals surface area contributed by atoms with Gasteiger partial charge in [0.05, 0.1) is 0 Å². The third kappa shape index (κ3) is 5.67. The van der Waals surface area contributed by atoms with Crippen molar-refractivity contribution in [1.29, 1.82) is 0 Å². The molecule has 0 radical (unpaired) electrons. The SMILES string of the molecule is CNC(=O)C(C(=O)NO)N(C)C(=O)c1ccc(C#CC#Cc2ccncc2)cc1. The van der Waals surface area contributed by atoms with Crippen molar-refractivity contribution in [3.05, 3.63) is 65.5 Å². The Balaban J connectivity index is 2.12. The maximum Gasteiger partial charge on any atom is 0.275 e. The molecule has 2 aromatic rings. The van der Waals surface area contributed by atoms with E-state index >= 15 is 0 Å². The zero-order valence-electron chi connectivity index (χ0n) is 15.8. The lowest BCUT2D eigenvalue weighted by molar-refractivity contribution is -0.140. The van der Waals surface area contributed by atoms with Gasteiger partial charge in [-0.1, -0.05) is 11.8 Å². The molecule has 0 aliphatic carbocycles. The monoisotopic (exact) mass is 390 g/mol. The molecule has 29 heavy (non-hydrogen) atoms. The Morgan fingerprint density at radius 1 is 0.966 bits per heavy atom. The van der Waals surface area contributed by atoms with Gasteiger partial charge in [0.25, 0.3) is 17.7 Å². The first-order valence-electron chi connectivity index (χ1n) is 8.42. The van der Waals surface area contributed by atoms with Crippen LogP contribution in [0.4, 0.5) is 0 Å². The van der Waals surface area contributed by atoms with Gasteiger partial charge in [-0.15, -0.1) is 0 Å². The van der Waals surface area contributed by atoms with Gasteiger partial charge in [0, 0.05) is 43.2 Å². The van der Waals surface area contributed by atoms with Crippen LogP contribution in [0.25, 0.3) is 0 Å². The van der Waals surface area contributed by atoms with Gasteiger partial charge in [-0.25, -0.2) is 5.48 Å². The lowest BCUT2D eigenvalue weighted by atomic mass is 10.1. The highest BCUT2D eigenvalue weighted by molar-refractivity contribution is 6.08. The van der Waals surface area contributed by atoms with Gasteiger partial charge in [-0.3, -0.25) is 24.6 Å². The second-order valence-corrected chi connectivity index (χ2v) is 5.72. The number of hydrogen-bond acceptors (Lipinski definition) is 5. The number of hydrogen-bond donors (Lipinski definition) is 3. The van der Waals surface area contributed by atoms with Crippen LogP contribution in [0, 0.1) is 23.7 Å². The average molecular weight is 390 g/mol. The second-order valence-electron chi connectivity index (χ2n) is 5.72. The lowest BCUT2D eigenvalue weighted by Gasteiger charge is -2.25. The number of carbonyl (C=O) groups excluding carboxylic acids is 3. The van der Waals surface area contributed by atoms with Crippen LogP contribution < -0.4 is 10.8 Å². The van der Waals surface area contributed by atoms with Crippen LogP contribution in [-0.2, 0) is 9.59 Å². The minimum Gasteiger partial charge on any atom is -0.357 e. The van der Waals surface area contributed by atoms with Crippen LogP contribution in [-0.4, -0.2) is 52.9 Å². The largest absolute Gasteiger partial charge is 0.357 e. The Labute approximate surface area is 167 Å². The van der Waals surface area contributed by atoms with E-state index in [-0.39, 0.29) is 5.56 Å². The Morgan fingerprint density at radius 3 is 2.03 bits per heavy atom. The molecule has 1 heterocycles. The molecule has 0 spiro atoms. The van der Waals surface area contributed by atoms with Crippen molar-refractivity contribution in [3.63, 3.8) is 0 Å². The van der Waals surface area contributed by atoms with Crippen LogP contribution in [0.3, 0.4) is 0 Å². The topological polar surface area (TPSA) is 112 Å². The van der Waals surface area contributed by atoms with Crippen molar-refractivity contribution in [2.75, 3.05) is 14.1 Å². The number of aromatic nitrogens is 1. The highest BCUT2D eigenvalue weighted by Gasteiger charge is 2.33. The van der Waals surface area contributed by atoms with Crippen LogP contribution >= 0.6 is 0 Å². The predicted molar refractivity (Wildman–Crippen MR) is 104 cm³/mol. The molecule has 0 aliphatic heterocycles. The van der Waals surface area contributed by atoms with Gasteiger partial charge in [0.1, 0.15) is 0 Å². The molecule has 0 aliphatic rings.